The maximum Gasteiger partial charge on any atom is 0.311 e. The highest BCUT2D eigenvalue weighted by molar-refractivity contribution is 6.31. The fraction of sp³-hybridized carbons (Fsp3) is 0.286. The van der Waals surface area contributed by atoms with E-state index in [1.165, 1.54) is 12.0 Å². The molecule has 0 bridgehead atoms. The standard InChI is InChI=1S/C21H20ClNO5/c1-13-3-6-16(10-18(13)22)23-11-15(9-20(23)25)21(26)28-12-19(24)14-4-7-17(27-2)8-5-14/h3-8,10,15H,9,11-12H2,1-2H3/t15-/m1/s1. The van der Waals surface area contributed by atoms with Crippen LogP contribution < -0.4 is 9.64 Å². The van der Waals surface area contributed by atoms with Gasteiger partial charge in [0.15, 0.2) is 12.4 Å². The molecule has 1 aliphatic heterocycles. The van der Waals surface area contributed by atoms with Crippen LogP contribution in [0.1, 0.15) is 22.3 Å². The topological polar surface area (TPSA) is 72.9 Å². The van der Waals surface area contributed by atoms with E-state index in [0.29, 0.717) is 22.0 Å². The van der Waals surface area contributed by atoms with Gasteiger partial charge in [0.1, 0.15) is 5.75 Å². The molecule has 0 aliphatic carbocycles. The lowest BCUT2D eigenvalue weighted by Gasteiger charge is -2.17. The highest BCUT2D eigenvalue weighted by Gasteiger charge is 2.36. The average Bonchev–Trinajstić information content (AvgIpc) is 3.09. The number of hydrogen-bond acceptors (Lipinski definition) is 5. The maximum atomic E-state index is 12.3. The van der Waals surface area contributed by atoms with Crippen LogP contribution in [-0.2, 0) is 14.3 Å². The number of methoxy groups -OCH3 is 1. The van der Waals surface area contributed by atoms with Gasteiger partial charge in [0.25, 0.3) is 0 Å². The zero-order chi connectivity index (χ0) is 20.3. The van der Waals surface area contributed by atoms with Crippen LogP contribution in [-0.4, -0.2) is 37.9 Å². The summed E-state index contributed by atoms with van der Waals surface area (Å²) in [6.07, 6.45) is 0.0427. The summed E-state index contributed by atoms with van der Waals surface area (Å²) in [4.78, 5) is 38.3. The van der Waals surface area contributed by atoms with Crippen molar-refractivity contribution in [3.05, 3.63) is 58.6 Å². The summed E-state index contributed by atoms with van der Waals surface area (Å²) < 4.78 is 10.2. The molecule has 1 saturated heterocycles. The lowest BCUT2D eigenvalue weighted by Crippen LogP contribution is -2.27. The number of hydrogen-bond donors (Lipinski definition) is 0. The Morgan fingerprint density at radius 3 is 2.54 bits per heavy atom. The molecule has 0 aromatic heterocycles. The van der Waals surface area contributed by atoms with Crippen LogP contribution >= 0.6 is 11.6 Å². The number of nitrogens with zero attached hydrogens (tertiary/aromatic N) is 1. The van der Waals surface area contributed by atoms with Crippen molar-refractivity contribution >= 4 is 34.9 Å². The van der Waals surface area contributed by atoms with Gasteiger partial charge >= 0.3 is 5.97 Å². The molecule has 1 fully saturated rings. The zero-order valence-corrected chi connectivity index (χ0v) is 16.4. The summed E-state index contributed by atoms with van der Waals surface area (Å²) in [5.41, 5.74) is 1.97. The smallest absolute Gasteiger partial charge is 0.311 e. The molecule has 146 valence electrons. The minimum Gasteiger partial charge on any atom is -0.497 e. The Labute approximate surface area is 168 Å². The number of carbonyl (C=O) groups is 3. The minimum absolute atomic E-state index is 0.0427. The molecule has 0 unspecified atom stereocenters. The largest absolute Gasteiger partial charge is 0.497 e. The highest BCUT2D eigenvalue weighted by Crippen LogP contribution is 2.29. The number of benzene rings is 2. The molecular weight excluding hydrogens is 382 g/mol. The van der Waals surface area contributed by atoms with Gasteiger partial charge < -0.3 is 14.4 Å². The van der Waals surface area contributed by atoms with E-state index in [-0.39, 0.29) is 31.3 Å². The molecule has 2 aromatic carbocycles. The SMILES string of the molecule is COc1ccc(C(=O)COC(=O)[C@@H]2CC(=O)N(c3ccc(C)c(Cl)c3)C2)cc1. The quantitative estimate of drug-likeness (QED) is 0.547. The molecule has 0 radical (unpaired) electrons. The number of aryl methyl sites for hydroxylation is 1. The molecule has 1 heterocycles. The summed E-state index contributed by atoms with van der Waals surface area (Å²) in [7, 11) is 1.54. The lowest BCUT2D eigenvalue weighted by molar-refractivity contribution is -0.147. The van der Waals surface area contributed by atoms with Crippen molar-refractivity contribution in [2.24, 2.45) is 5.92 Å². The Balaban J connectivity index is 1.58. The zero-order valence-electron chi connectivity index (χ0n) is 15.6. The lowest BCUT2D eigenvalue weighted by atomic mass is 10.1. The molecule has 1 amide bonds. The Hall–Kier alpha value is -2.86. The Kier molecular flexibility index (Phi) is 5.99. The number of carbonyl (C=O) groups excluding carboxylic acids is 3. The van der Waals surface area contributed by atoms with Gasteiger partial charge in [-0.05, 0) is 48.9 Å². The molecular formula is C21H20ClNO5. The maximum absolute atomic E-state index is 12.3. The number of ketones is 1. The molecule has 0 spiro atoms. The Morgan fingerprint density at radius 1 is 1.18 bits per heavy atom. The molecule has 7 heteroatoms. The van der Waals surface area contributed by atoms with Gasteiger partial charge in [0, 0.05) is 29.2 Å². The Morgan fingerprint density at radius 2 is 1.89 bits per heavy atom. The first-order chi connectivity index (χ1) is 13.4. The first-order valence-electron chi connectivity index (χ1n) is 8.79. The third kappa shape index (κ3) is 4.34. The van der Waals surface area contributed by atoms with Gasteiger partial charge in [-0.25, -0.2) is 0 Å². The number of esters is 1. The van der Waals surface area contributed by atoms with Gasteiger partial charge in [-0.1, -0.05) is 17.7 Å². The van der Waals surface area contributed by atoms with Crippen molar-refractivity contribution in [3.8, 4) is 5.75 Å². The fourth-order valence-electron chi connectivity index (χ4n) is 2.98. The average molecular weight is 402 g/mol. The van der Waals surface area contributed by atoms with Crippen LogP contribution in [0.4, 0.5) is 5.69 Å². The number of rotatable bonds is 6. The van der Waals surface area contributed by atoms with Gasteiger partial charge in [0.05, 0.1) is 13.0 Å². The predicted octanol–water partition coefficient (Wildman–Crippen LogP) is 3.44. The molecule has 1 aliphatic rings. The van der Waals surface area contributed by atoms with Crippen LogP contribution in [0.2, 0.25) is 5.02 Å². The van der Waals surface area contributed by atoms with Gasteiger partial charge in [-0.15, -0.1) is 0 Å². The summed E-state index contributed by atoms with van der Waals surface area (Å²) >= 11 is 6.13. The van der Waals surface area contributed by atoms with Crippen LogP contribution in [0.5, 0.6) is 5.75 Å². The third-order valence-corrected chi connectivity index (χ3v) is 5.09. The number of halogens is 1. The van der Waals surface area contributed by atoms with Crippen LogP contribution in [0.15, 0.2) is 42.5 Å². The molecule has 28 heavy (non-hydrogen) atoms. The fourth-order valence-corrected chi connectivity index (χ4v) is 3.15. The van der Waals surface area contributed by atoms with Gasteiger partial charge in [-0.2, -0.15) is 0 Å². The van der Waals surface area contributed by atoms with E-state index in [1.807, 2.05) is 13.0 Å². The number of amides is 1. The summed E-state index contributed by atoms with van der Waals surface area (Å²) in [6.45, 7) is 1.71. The Bertz CT molecular complexity index is 910. The second kappa shape index (κ2) is 8.44. The third-order valence-electron chi connectivity index (χ3n) is 4.68. The molecule has 6 nitrogen and oxygen atoms in total. The van der Waals surface area contributed by atoms with Crippen molar-refractivity contribution < 1.29 is 23.9 Å². The van der Waals surface area contributed by atoms with E-state index in [4.69, 9.17) is 21.1 Å². The second-order valence-electron chi connectivity index (χ2n) is 6.60. The number of anilines is 1. The van der Waals surface area contributed by atoms with Gasteiger partial charge in [-0.3, -0.25) is 14.4 Å². The molecule has 0 saturated carbocycles. The predicted molar refractivity (Wildman–Crippen MR) is 105 cm³/mol. The monoisotopic (exact) mass is 401 g/mol. The highest BCUT2D eigenvalue weighted by atomic mass is 35.5. The van der Waals surface area contributed by atoms with E-state index in [9.17, 15) is 14.4 Å². The second-order valence-corrected chi connectivity index (χ2v) is 7.01. The van der Waals surface area contributed by atoms with Gasteiger partial charge in [0.2, 0.25) is 5.91 Å². The normalized spacial score (nSPS) is 16.2. The van der Waals surface area contributed by atoms with E-state index in [0.717, 1.165) is 5.56 Å². The summed E-state index contributed by atoms with van der Waals surface area (Å²) in [5.74, 6) is -1.03. The molecule has 0 N–H and O–H groups in total. The van der Waals surface area contributed by atoms with Crippen molar-refractivity contribution in [3.63, 3.8) is 0 Å². The molecule has 3 rings (SSSR count). The molecule has 2 aromatic rings. The van der Waals surface area contributed by atoms with Crippen molar-refractivity contribution in [2.45, 2.75) is 13.3 Å². The van der Waals surface area contributed by atoms with Crippen molar-refractivity contribution in [1.29, 1.82) is 0 Å². The number of Topliss-reactive ketones (excluding diaryl/α,β-unsaturated/α-hetero) is 1. The van der Waals surface area contributed by atoms with E-state index >= 15 is 0 Å². The van der Waals surface area contributed by atoms with E-state index in [2.05, 4.69) is 0 Å². The summed E-state index contributed by atoms with van der Waals surface area (Å²) in [5, 5.41) is 0.557. The van der Waals surface area contributed by atoms with Crippen molar-refractivity contribution in [1.82, 2.24) is 0 Å². The first-order valence-corrected chi connectivity index (χ1v) is 9.17. The van der Waals surface area contributed by atoms with E-state index in [1.54, 1.807) is 36.4 Å². The number of ether oxygens (including phenoxy) is 2. The van der Waals surface area contributed by atoms with Crippen LogP contribution in [0.3, 0.4) is 0 Å². The first kappa shape index (κ1) is 19.9. The van der Waals surface area contributed by atoms with Crippen molar-refractivity contribution in [2.75, 3.05) is 25.2 Å². The van der Waals surface area contributed by atoms with Crippen LogP contribution in [0.25, 0.3) is 0 Å². The minimum atomic E-state index is -0.615. The van der Waals surface area contributed by atoms with Crippen LogP contribution in [0, 0.1) is 12.8 Å². The molecule has 1 atom stereocenters. The van der Waals surface area contributed by atoms with E-state index < -0.39 is 11.9 Å². The summed E-state index contributed by atoms with van der Waals surface area (Å²) in [6, 6.07) is 11.9.